The average Bonchev–Trinajstić information content (AvgIpc) is 1.96. The largest absolute Gasteiger partial charge is 0.389 e. The Labute approximate surface area is 69.4 Å². The fourth-order valence-corrected chi connectivity index (χ4v) is 0.722. The fourth-order valence-electron chi connectivity index (χ4n) is 0.722. The Balaban J connectivity index is 3.29. The summed E-state index contributed by atoms with van der Waals surface area (Å²) < 4.78 is 0. The standard InChI is InChI=1S/C10H18O/c1-3-4-5-6-7-8-9-10(2)11/h6-11H,3-5H2,1-2H3. The Bertz CT molecular complexity index is 123. The van der Waals surface area contributed by atoms with Crippen LogP contribution in [0.1, 0.15) is 33.1 Å². The number of hydrogen-bond acceptors (Lipinski definition) is 1. The molecule has 0 aliphatic carbocycles. The van der Waals surface area contributed by atoms with Crippen molar-refractivity contribution in [3.8, 4) is 0 Å². The van der Waals surface area contributed by atoms with Crippen LogP contribution in [0.4, 0.5) is 0 Å². The fraction of sp³-hybridized carbons (Fsp3) is 0.600. The minimum atomic E-state index is -0.328. The van der Waals surface area contributed by atoms with E-state index in [9.17, 15) is 0 Å². The zero-order valence-electron chi connectivity index (χ0n) is 7.46. The van der Waals surface area contributed by atoms with Crippen LogP contribution in [-0.4, -0.2) is 11.2 Å². The van der Waals surface area contributed by atoms with E-state index in [0.717, 1.165) is 6.42 Å². The Morgan fingerprint density at radius 3 is 2.64 bits per heavy atom. The van der Waals surface area contributed by atoms with Crippen molar-refractivity contribution < 1.29 is 5.11 Å². The number of rotatable bonds is 5. The highest BCUT2D eigenvalue weighted by Crippen LogP contribution is 1.95. The lowest BCUT2D eigenvalue weighted by atomic mass is 10.2. The molecule has 0 aromatic rings. The van der Waals surface area contributed by atoms with Gasteiger partial charge in [0.05, 0.1) is 6.10 Å². The van der Waals surface area contributed by atoms with Crippen molar-refractivity contribution in [2.75, 3.05) is 0 Å². The first-order valence-electron chi connectivity index (χ1n) is 4.28. The number of allylic oxidation sites excluding steroid dienone is 3. The summed E-state index contributed by atoms with van der Waals surface area (Å²) in [6, 6.07) is 0. The molecular weight excluding hydrogens is 136 g/mol. The van der Waals surface area contributed by atoms with Crippen molar-refractivity contribution in [2.24, 2.45) is 0 Å². The molecule has 0 bridgehead atoms. The summed E-state index contributed by atoms with van der Waals surface area (Å²) in [6.45, 7) is 3.93. The van der Waals surface area contributed by atoms with Gasteiger partial charge in [-0.1, -0.05) is 44.1 Å². The molecule has 0 amide bonds. The Hall–Kier alpha value is -0.560. The maximum absolute atomic E-state index is 8.83. The minimum Gasteiger partial charge on any atom is -0.389 e. The van der Waals surface area contributed by atoms with Crippen molar-refractivity contribution >= 4 is 0 Å². The molecule has 0 fully saturated rings. The van der Waals surface area contributed by atoms with E-state index in [4.69, 9.17) is 5.11 Å². The number of aliphatic hydroxyl groups excluding tert-OH is 1. The van der Waals surface area contributed by atoms with E-state index in [1.165, 1.54) is 12.8 Å². The van der Waals surface area contributed by atoms with Gasteiger partial charge in [0.1, 0.15) is 0 Å². The van der Waals surface area contributed by atoms with Gasteiger partial charge in [-0.25, -0.2) is 0 Å². The maximum Gasteiger partial charge on any atom is 0.0695 e. The van der Waals surface area contributed by atoms with Crippen LogP contribution in [0.2, 0.25) is 0 Å². The molecule has 64 valence electrons. The summed E-state index contributed by atoms with van der Waals surface area (Å²) >= 11 is 0. The highest BCUT2D eigenvalue weighted by atomic mass is 16.3. The summed E-state index contributed by atoms with van der Waals surface area (Å²) in [6.07, 6.45) is 11.1. The van der Waals surface area contributed by atoms with E-state index >= 15 is 0 Å². The molecule has 0 aromatic heterocycles. The SMILES string of the molecule is CCCCC=CC=CC(C)O. The summed E-state index contributed by atoms with van der Waals surface area (Å²) in [5.74, 6) is 0. The molecule has 1 N–H and O–H groups in total. The number of hydrogen-bond donors (Lipinski definition) is 1. The monoisotopic (exact) mass is 154 g/mol. The van der Waals surface area contributed by atoms with Gasteiger partial charge in [-0.3, -0.25) is 0 Å². The van der Waals surface area contributed by atoms with Gasteiger partial charge in [0.15, 0.2) is 0 Å². The topological polar surface area (TPSA) is 20.2 Å². The summed E-state index contributed by atoms with van der Waals surface area (Å²) in [4.78, 5) is 0. The number of unbranched alkanes of at least 4 members (excludes halogenated alkanes) is 2. The molecule has 0 aliphatic heterocycles. The van der Waals surface area contributed by atoms with Gasteiger partial charge in [-0.2, -0.15) is 0 Å². The molecular formula is C10H18O. The van der Waals surface area contributed by atoms with E-state index in [-0.39, 0.29) is 6.10 Å². The van der Waals surface area contributed by atoms with Gasteiger partial charge in [0.25, 0.3) is 0 Å². The van der Waals surface area contributed by atoms with Crippen LogP contribution in [-0.2, 0) is 0 Å². The molecule has 11 heavy (non-hydrogen) atoms. The predicted molar refractivity (Wildman–Crippen MR) is 49.5 cm³/mol. The van der Waals surface area contributed by atoms with E-state index in [2.05, 4.69) is 13.0 Å². The molecule has 0 saturated carbocycles. The first-order valence-corrected chi connectivity index (χ1v) is 4.28. The first kappa shape index (κ1) is 10.4. The van der Waals surface area contributed by atoms with Crippen LogP contribution in [0.5, 0.6) is 0 Å². The highest BCUT2D eigenvalue weighted by molar-refractivity contribution is 5.03. The molecule has 0 saturated heterocycles. The lowest BCUT2D eigenvalue weighted by molar-refractivity contribution is 0.244. The zero-order chi connectivity index (χ0) is 8.53. The minimum absolute atomic E-state index is 0.328. The summed E-state index contributed by atoms with van der Waals surface area (Å²) in [7, 11) is 0. The highest BCUT2D eigenvalue weighted by Gasteiger charge is 1.80. The predicted octanol–water partition coefficient (Wildman–Crippen LogP) is 2.67. The van der Waals surface area contributed by atoms with E-state index in [0.29, 0.717) is 0 Å². The molecule has 1 unspecified atom stereocenters. The molecule has 1 nitrogen and oxygen atoms in total. The van der Waals surface area contributed by atoms with Crippen LogP contribution in [0.15, 0.2) is 24.3 Å². The molecule has 1 atom stereocenters. The van der Waals surface area contributed by atoms with Crippen molar-refractivity contribution in [3.05, 3.63) is 24.3 Å². The second-order valence-corrected chi connectivity index (χ2v) is 2.70. The molecule has 0 aliphatic rings. The second-order valence-electron chi connectivity index (χ2n) is 2.70. The zero-order valence-corrected chi connectivity index (χ0v) is 7.46. The van der Waals surface area contributed by atoms with Crippen LogP contribution in [0.25, 0.3) is 0 Å². The molecule has 0 heterocycles. The molecule has 0 spiro atoms. The van der Waals surface area contributed by atoms with Crippen LogP contribution >= 0.6 is 0 Å². The lowest BCUT2D eigenvalue weighted by Crippen LogP contribution is -1.90. The summed E-state index contributed by atoms with van der Waals surface area (Å²) in [5, 5.41) is 8.83. The van der Waals surface area contributed by atoms with Crippen molar-refractivity contribution in [1.29, 1.82) is 0 Å². The molecule has 1 heteroatoms. The van der Waals surface area contributed by atoms with Crippen LogP contribution < -0.4 is 0 Å². The quantitative estimate of drug-likeness (QED) is 0.477. The lowest BCUT2D eigenvalue weighted by Gasteiger charge is -1.89. The smallest absolute Gasteiger partial charge is 0.0695 e. The van der Waals surface area contributed by atoms with Crippen LogP contribution in [0.3, 0.4) is 0 Å². The van der Waals surface area contributed by atoms with Gasteiger partial charge >= 0.3 is 0 Å². The van der Waals surface area contributed by atoms with Crippen LogP contribution in [0, 0.1) is 0 Å². The van der Waals surface area contributed by atoms with Gasteiger partial charge in [0, 0.05) is 0 Å². The molecule has 0 aromatic carbocycles. The third-order valence-electron chi connectivity index (χ3n) is 1.36. The molecule has 0 rings (SSSR count). The number of aliphatic hydroxyl groups is 1. The van der Waals surface area contributed by atoms with Gasteiger partial charge in [0.2, 0.25) is 0 Å². The van der Waals surface area contributed by atoms with E-state index in [1.807, 2.05) is 12.2 Å². The van der Waals surface area contributed by atoms with Gasteiger partial charge in [-0.15, -0.1) is 0 Å². The maximum atomic E-state index is 8.83. The van der Waals surface area contributed by atoms with Crippen molar-refractivity contribution in [2.45, 2.75) is 39.2 Å². The normalized spacial score (nSPS) is 14.8. The average molecular weight is 154 g/mol. The van der Waals surface area contributed by atoms with Crippen molar-refractivity contribution in [3.63, 3.8) is 0 Å². The van der Waals surface area contributed by atoms with Gasteiger partial charge in [-0.05, 0) is 13.3 Å². The Kier molecular flexibility index (Phi) is 7.16. The van der Waals surface area contributed by atoms with Gasteiger partial charge < -0.3 is 5.11 Å². The molecule has 0 radical (unpaired) electrons. The van der Waals surface area contributed by atoms with E-state index in [1.54, 1.807) is 13.0 Å². The third kappa shape index (κ3) is 9.44. The third-order valence-corrected chi connectivity index (χ3v) is 1.36. The Morgan fingerprint density at radius 1 is 1.36 bits per heavy atom. The Morgan fingerprint density at radius 2 is 2.09 bits per heavy atom. The van der Waals surface area contributed by atoms with E-state index < -0.39 is 0 Å². The summed E-state index contributed by atoms with van der Waals surface area (Å²) in [5.41, 5.74) is 0. The first-order chi connectivity index (χ1) is 5.27. The second kappa shape index (κ2) is 7.55. The van der Waals surface area contributed by atoms with Crippen molar-refractivity contribution in [1.82, 2.24) is 0 Å².